The van der Waals surface area contributed by atoms with Crippen LogP contribution in [0.2, 0.25) is 0 Å². The highest BCUT2D eigenvalue weighted by Gasteiger charge is 2.20. The van der Waals surface area contributed by atoms with Crippen LogP contribution in [0.5, 0.6) is 0 Å². The lowest BCUT2D eigenvalue weighted by atomic mass is 10.1. The fraction of sp³-hybridized carbons (Fsp3) is 0.500. The molecule has 0 aliphatic carbocycles. The fourth-order valence-electron chi connectivity index (χ4n) is 3.05. The number of hydrogen-bond acceptors (Lipinski definition) is 6. The topological polar surface area (TPSA) is 79.5 Å². The van der Waals surface area contributed by atoms with Crippen molar-refractivity contribution in [1.82, 2.24) is 9.13 Å². The number of aryl methyl sites for hydroxylation is 2. The monoisotopic (exact) mass is 380 g/mol. The van der Waals surface area contributed by atoms with Crippen molar-refractivity contribution in [2.75, 3.05) is 20.3 Å². The molecule has 8 heteroatoms. The van der Waals surface area contributed by atoms with Crippen molar-refractivity contribution in [2.45, 2.75) is 40.3 Å². The zero-order valence-corrected chi connectivity index (χ0v) is 16.5. The molecule has 1 atom stereocenters. The zero-order chi connectivity index (χ0) is 19.4. The second-order valence-corrected chi connectivity index (χ2v) is 7.09. The van der Waals surface area contributed by atoms with Crippen LogP contribution in [0.15, 0.2) is 16.2 Å². The largest absolute Gasteiger partial charge is 0.456 e. The molecule has 26 heavy (non-hydrogen) atoms. The van der Waals surface area contributed by atoms with E-state index in [2.05, 4.69) is 0 Å². The van der Waals surface area contributed by atoms with Crippen molar-refractivity contribution in [3.63, 3.8) is 0 Å². The van der Waals surface area contributed by atoms with Gasteiger partial charge in [0.15, 0.2) is 6.61 Å². The van der Waals surface area contributed by atoms with E-state index in [0.29, 0.717) is 17.9 Å². The van der Waals surface area contributed by atoms with Gasteiger partial charge < -0.3 is 14.0 Å². The maximum atomic E-state index is 12.5. The van der Waals surface area contributed by atoms with Gasteiger partial charge in [0.05, 0.1) is 12.6 Å². The van der Waals surface area contributed by atoms with Gasteiger partial charge in [0.25, 0.3) is 0 Å². The minimum Gasteiger partial charge on any atom is -0.456 e. The summed E-state index contributed by atoms with van der Waals surface area (Å²) in [6.45, 7) is 7.54. The Labute approximate surface area is 156 Å². The molecule has 0 saturated carbocycles. The van der Waals surface area contributed by atoms with E-state index in [1.807, 2.05) is 25.3 Å². The Morgan fingerprint density at radius 1 is 1.23 bits per heavy atom. The lowest BCUT2D eigenvalue weighted by molar-refractivity contribution is -0.143. The summed E-state index contributed by atoms with van der Waals surface area (Å²) in [4.78, 5) is 35.8. The average Bonchev–Trinajstić information content (AvgIpc) is 3.06. The van der Waals surface area contributed by atoms with E-state index in [1.54, 1.807) is 25.5 Å². The molecule has 0 aliphatic heterocycles. The fourth-order valence-corrected chi connectivity index (χ4v) is 3.78. The number of ketones is 1. The molecular weight excluding hydrogens is 356 g/mol. The minimum atomic E-state index is -0.608. The third kappa shape index (κ3) is 4.31. The van der Waals surface area contributed by atoms with Gasteiger partial charge in [-0.1, -0.05) is 11.3 Å². The summed E-state index contributed by atoms with van der Waals surface area (Å²) in [6, 6.07) is 1.89. The van der Waals surface area contributed by atoms with E-state index in [1.165, 1.54) is 4.57 Å². The van der Waals surface area contributed by atoms with Gasteiger partial charge in [0.2, 0.25) is 5.78 Å². The van der Waals surface area contributed by atoms with Crippen molar-refractivity contribution in [3.8, 4) is 0 Å². The first-order valence-electron chi connectivity index (χ1n) is 8.27. The van der Waals surface area contributed by atoms with Crippen LogP contribution in [0.1, 0.15) is 40.4 Å². The Morgan fingerprint density at radius 2 is 1.92 bits per heavy atom. The molecule has 0 N–H and O–H groups in total. The van der Waals surface area contributed by atoms with E-state index < -0.39 is 5.97 Å². The van der Waals surface area contributed by atoms with Crippen molar-refractivity contribution in [3.05, 3.63) is 43.8 Å². The Bertz CT molecular complexity index is 862. The predicted octanol–water partition coefficient (Wildman–Crippen LogP) is 2.27. The van der Waals surface area contributed by atoms with Crippen LogP contribution in [-0.2, 0) is 20.8 Å². The number of rotatable bonds is 8. The van der Waals surface area contributed by atoms with Crippen LogP contribution >= 0.6 is 11.3 Å². The lowest BCUT2D eigenvalue weighted by Crippen LogP contribution is -2.24. The number of hydrogen-bond donors (Lipinski definition) is 0. The molecule has 0 bridgehead atoms. The maximum absolute atomic E-state index is 12.5. The lowest BCUT2D eigenvalue weighted by Gasteiger charge is -2.17. The quantitative estimate of drug-likeness (QED) is 0.518. The summed E-state index contributed by atoms with van der Waals surface area (Å²) in [6.07, 6.45) is 0. The molecule has 0 aromatic carbocycles. The molecule has 0 aliphatic rings. The van der Waals surface area contributed by atoms with Crippen LogP contribution in [0.4, 0.5) is 0 Å². The normalized spacial score (nSPS) is 12.2. The van der Waals surface area contributed by atoms with Crippen molar-refractivity contribution >= 4 is 23.1 Å². The average molecular weight is 380 g/mol. The number of methoxy groups -OCH3 is 1. The second-order valence-electron chi connectivity index (χ2n) is 6.27. The van der Waals surface area contributed by atoms with Gasteiger partial charge in [-0.15, -0.1) is 0 Å². The summed E-state index contributed by atoms with van der Waals surface area (Å²) in [5, 5.41) is 1.68. The first-order chi connectivity index (χ1) is 12.3. The van der Waals surface area contributed by atoms with E-state index in [0.717, 1.165) is 22.7 Å². The van der Waals surface area contributed by atoms with Crippen LogP contribution in [-0.4, -0.2) is 41.2 Å². The van der Waals surface area contributed by atoms with Crippen molar-refractivity contribution in [1.29, 1.82) is 0 Å². The van der Waals surface area contributed by atoms with Gasteiger partial charge in [0.1, 0.15) is 6.54 Å². The Balaban J connectivity index is 2.03. The molecule has 0 amide bonds. The van der Waals surface area contributed by atoms with Crippen LogP contribution in [0.25, 0.3) is 0 Å². The van der Waals surface area contributed by atoms with Gasteiger partial charge in [0, 0.05) is 35.1 Å². The van der Waals surface area contributed by atoms with Gasteiger partial charge in [-0.05, 0) is 33.8 Å². The number of esters is 1. The summed E-state index contributed by atoms with van der Waals surface area (Å²) in [5.74, 6) is -0.875. The van der Waals surface area contributed by atoms with Crippen LogP contribution in [0.3, 0.4) is 0 Å². The van der Waals surface area contributed by atoms with Gasteiger partial charge in [-0.25, -0.2) is 0 Å². The minimum absolute atomic E-state index is 0.0949. The molecule has 0 unspecified atom stereocenters. The highest BCUT2D eigenvalue weighted by molar-refractivity contribution is 7.07. The summed E-state index contributed by atoms with van der Waals surface area (Å²) in [5.41, 5.74) is 2.99. The molecule has 0 spiro atoms. The third-order valence-electron chi connectivity index (χ3n) is 4.26. The Hall–Kier alpha value is -2.19. The van der Waals surface area contributed by atoms with Crippen LogP contribution in [0, 0.1) is 20.8 Å². The number of nitrogens with zero attached hydrogens (tertiary/aromatic N) is 2. The molecule has 0 fully saturated rings. The summed E-state index contributed by atoms with van der Waals surface area (Å²) in [7, 11) is 1.64. The zero-order valence-electron chi connectivity index (χ0n) is 15.7. The molecule has 0 saturated heterocycles. The highest BCUT2D eigenvalue weighted by atomic mass is 32.1. The molecule has 2 aromatic heterocycles. The van der Waals surface area contributed by atoms with E-state index >= 15 is 0 Å². The van der Waals surface area contributed by atoms with Crippen molar-refractivity contribution < 1.29 is 19.1 Å². The van der Waals surface area contributed by atoms with E-state index in [-0.39, 0.29) is 29.8 Å². The predicted molar refractivity (Wildman–Crippen MR) is 99.1 cm³/mol. The summed E-state index contributed by atoms with van der Waals surface area (Å²) >= 11 is 1.03. The number of ether oxygens (including phenoxy) is 2. The molecule has 7 nitrogen and oxygen atoms in total. The molecule has 2 aromatic rings. The molecule has 2 heterocycles. The first kappa shape index (κ1) is 20.1. The Morgan fingerprint density at radius 3 is 2.50 bits per heavy atom. The maximum Gasteiger partial charge on any atom is 0.326 e. The standard InChI is InChI=1S/C18H24N2O5S/c1-11-6-15(14(4)20(11)12(2)8-24-5)16(21)9-25-17(22)7-19-13(3)10-26-18(19)23/h6,10,12H,7-9H2,1-5H3/t12-/m0/s1. The number of Topliss-reactive ketones (excluding diaryl/α,β-unsaturated/α-hetero) is 1. The van der Waals surface area contributed by atoms with Gasteiger partial charge in [-0.2, -0.15) is 0 Å². The van der Waals surface area contributed by atoms with Crippen LogP contribution < -0.4 is 4.87 Å². The number of aromatic nitrogens is 2. The van der Waals surface area contributed by atoms with E-state index in [9.17, 15) is 14.4 Å². The molecular formula is C18H24N2O5S. The van der Waals surface area contributed by atoms with Gasteiger partial charge >= 0.3 is 10.8 Å². The smallest absolute Gasteiger partial charge is 0.326 e. The number of thiazole rings is 1. The molecule has 0 radical (unpaired) electrons. The number of carbonyl (C=O) groups excluding carboxylic acids is 2. The van der Waals surface area contributed by atoms with Crippen molar-refractivity contribution in [2.24, 2.45) is 0 Å². The SMILES string of the molecule is COC[C@H](C)n1c(C)cc(C(=O)COC(=O)Cn2c(C)csc2=O)c1C. The molecule has 142 valence electrons. The second kappa shape index (κ2) is 8.46. The van der Waals surface area contributed by atoms with Gasteiger partial charge in [-0.3, -0.25) is 19.0 Å². The van der Waals surface area contributed by atoms with E-state index in [4.69, 9.17) is 9.47 Å². The highest BCUT2D eigenvalue weighted by Crippen LogP contribution is 2.21. The summed E-state index contributed by atoms with van der Waals surface area (Å²) < 4.78 is 13.6. The third-order valence-corrected chi connectivity index (χ3v) is 5.14. The Kier molecular flexibility index (Phi) is 6.55. The first-order valence-corrected chi connectivity index (χ1v) is 9.15. The number of carbonyl (C=O) groups is 2. The molecule has 2 rings (SSSR count).